The highest BCUT2D eigenvalue weighted by Crippen LogP contribution is 2.31. The van der Waals surface area contributed by atoms with Crippen LogP contribution in [0.2, 0.25) is 0 Å². The van der Waals surface area contributed by atoms with Crippen molar-refractivity contribution < 1.29 is 9.50 Å². The molecule has 0 bridgehead atoms. The number of nitrogens with zero attached hydrogens (tertiary/aromatic N) is 1. The lowest BCUT2D eigenvalue weighted by molar-refractivity contribution is 0.158. The molecule has 0 fully saturated rings. The van der Waals surface area contributed by atoms with E-state index in [1.807, 2.05) is 25.1 Å². The molecular weight excluding hydrogens is 305 g/mol. The number of halogens is 1. The first-order valence-corrected chi connectivity index (χ1v) is 8.12. The summed E-state index contributed by atoms with van der Waals surface area (Å²) in [5, 5.41) is 13.1. The number of aliphatic imine (C=N–C) groups is 1. The Morgan fingerprint density at radius 2 is 2.04 bits per heavy atom. The highest BCUT2D eigenvalue weighted by Gasteiger charge is 2.27. The third-order valence-electron chi connectivity index (χ3n) is 4.34. The molecule has 0 saturated heterocycles. The molecule has 24 heavy (non-hydrogen) atoms. The van der Waals surface area contributed by atoms with Gasteiger partial charge in [0, 0.05) is 18.7 Å². The van der Waals surface area contributed by atoms with Gasteiger partial charge in [-0.25, -0.2) is 4.39 Å². The molecule has 0 heterocycles. The number of aliphatic hydroxyl groups excluding tert-OH is 1. The lowest BCUT2D eigenvalue weighted by Crippen LogP contribution is -2.21. The first kappa shape index (κ1) is 16.6. The van der Waals surface area contributed by atoms with Crippen molar-refractivity contribution in [2.45, 2.75) is 31.9 Å². The third kappa shape index (κ3) is 3.80. The number of nitrogens with two attached hydrogens (primary N) is 1. The fraction of sp³-hybridized carbons (Fsp3) is 0.316. The molecule has 1 aliphatic carbocycles. The van der Waals surface area contributed by atoms with Crippen molar-refractivity contribution in [3.63, 3.8) is 0 Å². The van der Waals surface area contributed by atoms with E-state index in [0.29, 0.717) is 13.0 Å². The maximum Gasteiger partial charge on any atom is 0.123 e. The number of rotatable bonds is 4. The van der Waals surface area contributed by atoms with Gasteiger partial charge in [-0.1, -0.05) is 18.2 Å². The SMILES string of the molecule is CC(=NCCc1ccc(F)cc1)Nc1ccc2c(c1)C(N)[C@H](O)C2. The predicted molar refractivity (Wildman–Crippen MR) is 94.8 cm³/mol. The minimum Gasteiger partial charge on any atom is -0.391 e. The van der Waals surface area contributed by atoms with Gasteiger partial charge in [0.05, 0.1) is 18.0 Å². The Morgan fingerprint density at radius 3 is 2.79 bits per heavy atom. The summed E-state index contributed by atoms with van der Waals surface area (Å²) in [4.78, 5) is 4.50. The van der Waals surface area contributed by atoms with E-state index in [4.69, 9.17) is 5.73 Å². The maximum atomic E-state index is 12.9. The smallest absolute Gasteiger partial charge is 0.123 e. The normalized spacial score (nSPS) is 20.1. The Morgan fingerprint density at radius 1 is 1.29 bits per heavy atom. The van der Waals surface area contributed by atoms with Gasteiger partial charge < -0.3 is 16.2 Å². The van der Waals surface area contributed by atoms with Crippen LogP contribution in [0, 0.1) is 5.82 Å². The van der Waals surface area contributed by atoms with Crippen molar-refractivity contribution in [2.24, 2.45) is 10.7 Å². The zero-order chi connectivity index (χ0) is 17.1. The van der Waals surface area contributed by atoms with E-state index >= 15 is 0 Å². The van der Waals surface area contributed by atoms with E-state index in [1.165, 1.54) is 12.1 Å². The fourth-order valence-electron chi connectivity index (χ4n) is 2.98. The second kappa shape index (κ2) is 7.11. The van der Waals surface area contributed by atoms with E-state index < -0.39 is 6.10 Å². The number of nitrogens with one attached hydrogen (secondary N) is 1. The molecule has 2 aromatic carbocycles. The Labute approximate surface area is 141 Å². The van der Waals surface area contributed by atoms with Gasteiger partial charge in [-0.05, 0) is 54.3 Å². The summed E-state index contributed by atoms with van der Waals surface area (Å²) in [6, 6.07) is 12.1. The number of aliphatic hydroxyl groups is 1. The van der Waals surface area contributed by atoms with Crippen LogP contribution in [0.4, 0.5) is 10.1 Å². The zero-order valence-electron chi connectivity index (χ0n) is 13.7. The molecule has 126 valence electrons. The number of hydrogen-bond acceptors (Lipinski definition) is 3. The molecule has 1 unspecified atom stereocenters. The van der Waals surface area contributed by atoms with Crippen molar-refractivity contribution in [3.05, 3.63) is 65.0 Å². The lowest BCUT2D eigenvalue weighted by atomic mass is 10.1. The predicted octanol–water partition coefficient (Wildman–Crippen LogP) is 2.82. The second-order valence-electron chi connectivity index (χ2n) is 6.18. The second-order valence-corrected chi connectivity index (χ2v) is 6.18. The van der Waals surface area contributed by atoms with Crippen LogP contribution in [0.15, 0.2) is 47.5 Å². The Kier molecular flexibility index (Phi) is 4.92. The quantitative estimate of drug-likeness (QED) is 0.597. The summed E-state index contributed by atoms with van der Waals surface area (Å²) in [7, 11) is 0. The Bertz CT molecular complexity index is 743. The van der Waals surface area contributed by atoms with Gasteiger partial charge in [0.15, 0.2) is 0 Å². The maximum absolute atomic E-state index is 12.9. The molecule has 3 rings (SSSR count). The van der Waals surface area contributed by atoms with Crippen molar-refractivity contribution in [3.8, 4) is 0 Å². The average molecular weight is 327 g/mol. The molecule has 2 atom stereocenters. The molecule has 0 aromatic heterocycles. The molecule has 0 radical (unpaired) electrons. The molecule has 0 saturated carbocycles. The van der Waals surface area contributed by atoms with Crippen LogP contribution in [-0.4, -0.2) is 23.6 Å². The topological polar surface area (TPSA) is 70.6 Å². The minimum atomic E-state index is -0.499. The zero-order valence-corrected chi connectivity index (χ0v) is 13.7. The van der Waals surface area contributed by atoms with Gasteiger partial charge in [-0.2, -0.15) is 0 Å². The van der Waals surface area contributed by atoms with E-state index in [1.54, 1.807) is 12.1 Å². The molecular formula is C19H22FN3O. The summed E-state index contributed by atoms with van der Waals surface area (Å²) in [5.41, 5.74) is 10.1. The molecule has 5 heteroatoms. The van der Waals surface area contributed by atoms with Gasteiger partial charge in [0.1, 0.15) is 5.82 Å². The average Bonchev–Trinajstić information content (AvgIpc) is 2.84. The standard InChI is InChI=1S/C19H22FN3O/c1-12(22-9-8-13-2-5-15(20)6-3-13)23-16-7-4-14-10-18(24)19(21)17(14)11-16/h2-7,11,18-19,24H,8-10,21H2,1H3,(H,22,23)/t18-,19?/m1/s1. The summed E-state index contributed by atoms with van der Waals surface area (Å²) in [6.07, 6.45) is 0.878. The molecule has 0 amide bonds. The van der Waals surface area contributed by atoms with Gasteiger partial charge in [-0.15, -0.1) is 0 Å². The molecule has 0 aliphatic heterocycles. The van der Waals surface area contributed by atoms with Crippen LogP contribution in [-0.2, 0) is 12.8 Å². The van der Waals surface area contributed by atoms with Crippen LogP contribution in [0.5, 0.6) is 0 Å². The Hall–Kier alpha value is -2.24. The first-order valence-electron chi connectivity index (χ1n) is 8.12. The van der Waals surface area contributed by atoms with Crippen LogP contribution in [0.25, 0.3) is 0 Å². The third-order valence-corrected chi connectivity index (χ3v) is 4.34. The summed E-state index contributed by atoms with van der Waals surface area (Å²) >= 11 is 0. The van der Waals surface area contributed by atoms with Crippen LogP contribution in [0.3, 0.4) is 0 Å². The van der Waals surface area contributed by atoms with E-state index in [9.17, 15) is 9.50 Å². The molecule has 2 aromatic rings. The van der Waals surface area contributed by atoms with Crippen molar-refractivity contribution in [2.75, 3.05) is 11.9 Å². The number of anilines is 1. The lowest BCUT2D eigenvalue weighted by Gasteiger charge is -2.11. The highest BCUT2D eigenvalue weighted by atomic mass is 19.1. The van der Waals surface area contributed by atoms with Crippen molar-refractivity contribution in [1.82, 2.24) is 0 Å². The van der Waals surface area contributed by atoms with E-state index in [-0.39, 0.29) is 11.9 Å². The summed E-state index contributed by atoms with van der Waals surface area (Å²) in [6.45, 7) is 2.54. The number of fused-ring (bicyclic) bond motifs is 1. The largest absolute Gasteiger partial charge is 0.391 e. The molecule has 1 aliphatic rings. The molecule has 0 spiro atoms. The minimum absolute atomic E-state index is 0.222. The van der Waals surface area contributed by atoms with Crippen LogP contribution >= 0.6 is 0 Å². The fourth-order valence-corrected chi connectivity index (χ4v) is 2.98. The number of benzene rings is 2. The van der Waals surface area contributed by atoms with E-state index in [0.717, 1.165) is 34.6 Å². The van der Waals surface area contributed by atoms with Crippen LogP contribution < -0.4 is 11.1 Å². The summed E-state index contributed by atoms with van der Waals surface area (Å²) < 4.78 is 12.9. The van der Waals surface area contributed by atoms with Gasteiger partial charge in [-0.3, -0.25) is 4.99 Å². The number of amidine groups is 1. The van der Waals surface area contributed by atoms with E-state index in [2.05, 4.69) is 10.3 Å². The highest BCUT2D eigenvalue weighted by molar-refractivity contribution is 5.93. The van der Waals surface area contributed by atoms with Gasteiger partial charge in [0.2, 0.25) is 0 Å². The van der Waals surface area contributed by atoms with Crippen LogP contribution in [0.1, 0.15) is 29.7 Å². The summed E-state index contributed by atoms with van der Waals surface area (Å²) in [5.74, 6) is 0.587. The van der Waals surface area contributed by atoms with Gasteiger partial charge >= 0.3 is 0 Å². The van der Waals surface area contributed by atoms with Crippen molar-refractivity contribution >= 4 is 11.5 Å². The molecule has 4 N–H and O–H groups in total. The van der Waals surface area contributed by atoms with Crippen molar-refractivity contribution in [1.29, 1.82) is 0 Å². The number of hydrogen-bond donors (Lipinski definition) is 3. The Balaban J connectivity index is 1.58. The monoisotopic (exact) mass is 327 g/mol. The first-order chi connectivity index (χ1) is 11.5. The van der Waals surface area contributed by atoms with Gasteiger partial charge in [0.25, 0.3) is 0 Å². The molecule has 4 nitrogen and oxygen atoms in total.